The van der Waals surface area contributed by atoms with E-state index in [1.165, 1.54) is 13.4 Å². The quantitative estimate of drug-likeness (QED) is 0.568. The fraction of sp³-hybridized carbons (Fsp3) is 0.261. The predicted octanol–water partition coefficient (Wildman–Crippen LogP) is 4.49. The molecule has 0 fully saturated rings. The van der Waals surface area contributed by atoms with E-state index in [0.29, 0.717) is 42.0 Å². The molecule has 1 aliphatic heterocycles. The zero-order valence-electron chi connectivity index (χ0n) is 17.3. The van der Waals surface area contributed by atoms with Crippen molar-refractivity contribution >= 4 is 29.1 Å². The van der Waals surface area contributed by atoms with E-state index in [-0.39, 0.29) is 12.0 Å². The molecule has 31 heavy (non-hydrogen) atoms. The molecule has 1 aromatic heterocycles. The molecule has 8 heteroatoms. The summed E-state index contributed by atoms with van der Waals surface area (Å²) in [5, 5.41) is 4.17. The number of hydrogen-bond acceptors (Lipinski definition) is 7. The Balaban J connectivity index is 1.57. The van der Waals surface area contributed by atoms with Crippen LogP contribution in [-0.4, -0.2) is 36.2 Å². The molecule has 0 radical (unpaired) electrons. The van der Waals surface area contributed by atoms with Crippen molar-refractivity contribution in [3.8, 4) is 5.88 Å². The highest BCUT2D eigenvalue weighted by Crippen LogP contribution is 2.37. The van der Waals surface area contributed by atoms with Crippen LogP contribution >= 0.6 is 11.6 Å². The topological polar surface area (TPSA) is 76.6 Å². The molecule has 0 aliphatic carbocycles. The third-order valence-corrected chi connectivity index (χ3v) is 5.39. The van der Waals surface area contributed by atoms with E-state index in [0.717, 1.165) is 16.8 Å². The summed E-state index contributed by atoms with van der Waals surface area (Å²) in [5.41, 5.74) is 3.45. The van der Waals surface area contributed by atoms with Crippen LogP contribution in [0.15, 0.2) is 54.9 Å². The molecule has 0 saturated carbocycles. The van der Waals surface area contributed by atoms with Crippen LogP contribution in [0.25, 0.3) is 0 Å². The van der Waals surface area contributed by atoms with E-state index in [1.54, 1.807) is 12.1 Å². The Morgan fingerprint density at radius 3 is 2.81 bits per heavy atom. The third kappa shape index (κ3) is 4.72. The summed E-state index contributed by atoms with van der Waals surface area (Å²) < 4.78 is 10.6. The molecule has 1 N–H and O–H groups in total. The summed E-state index contributed by atoms with van der Waals surface area (Å²) in [6, 6.07) is 15.1. The van der Waals surface area contributed by atoms with E-state index in [2.05, 4.69) is 20.2 Å². The monoisotopic (exact) mass is 438 g/mol. The van der Waals surface area contributed by atoms with Gasteiger partial charge in [0, 0.05) is 11.6 Å². The average molecular weight is 439 g/mol. The molecule has 2 aromatic carbocycles. The number of halogens is 1. The van der Waals surface area contributed by atoms with Crippen molar-refractivity contribution in [2.24, 2.45) is 0 Å². The number of carbonyl (C=O) groups is 1. The van der Waals surface area contributed by atoms with Crippen molar-refractivity contribution in [2.45, 2.75) is 19.5 Å². The van der Waals surface area contributed by atoms with Gasteiger partial charge in [0.1, 0.15) is 18.6 Å². The van der Waals surface area contributed by atoms with Gasteiger partial charge in [0.15, 0.2) is 5.82 Å². The van der Waals surface area contributed by atoms with Crippen molar-refractivity contribution in [1.82, 2.24) is 9.97 Å². The minimum Gasteiger partial charge on any atom is -0.474 e. The number of fused-ring (bicyclic) bond motifs is 1. The van der Waals surface area contributed by atoms with Gasteiger partial charge in [-0.05, 0) is 42.3 Å². The van der Waals surface area contributed by atoms with Crippen LogP contribution in [0.2, 0.25) is 5.02 Å². The zero-order valence-corrected chi connectivity index (χ0v) is 18.1. The summed E-state index contributed by atoms with van der Waals surface area (Å²) >= 11 is 6.16. The van der Waals surface area contributed by atoms with Gasteiger partial charge in [-0.25, -0.2) is 9.78 Å². The molecular formula is C23H23ClN4O3. The maximum Gasteiger partial charge on any atom is 0.337 e. The lowest BCUT2D eigenvalue weighted by Crippen LogP contribution is -2.33. The first-order valence-electron chi connectivity index (χ1n) is 9.97. The molecule has 4 rings (SSSR count). The van der Waals surface area contributed by atoms with E-state index < -0.39 is 0 Å². The molecule has 0 unspecified atom stereocenters. The van der Waals surface area contributed by atoms with Crippen LogP contribution in [-0.2, 0) is 11.3 Å². The highest BCUT2D eigenvalue weighted by Gasteiger charge is 2.25. The number of benzene rings is 2. The van der Waals surface area contributed by atoms with Crippen LogP contribution < -0.4 is 15.0 Å². The minimum absolute atomic E-state index is 0.0550. The zero-order chi connectivity index (χ0) is 21.8. The van der Waals surface area contributed by atoms with Gasteiger partial charge < -0.3 is 19.7 Å². The van der Waals surface area contributed by atoms with Gasteiger partial charge in [0.25, 0.3) is 0 Å². The Bertz CT molecular complexity index is 1070. The van der Waals surface area contributed by atoms with E-state index >= 15 is 0 Å². The van der Waals surface area contributed by atoms with Crippen LogP contribution in [0.1, 0.15) is 34.5 Å². The van der Waals surface area contributed by atoms with Crippen LogP contribution in [0.3, 0.4) is 0 Å². The largest absolute Gasteiger partial charge is 0.474 e. The Hall–Kier alpha value is -3.32. The number of hydrogen-bond donors (Lipinski definition) is 1. The molecule has 0 saturated heterocycles. The number of methoxy groups -OCH3 is 1. The molecule has 1 atom stereocenters. The number of nitrogens with zero attached hydrogens (tertiary/aromatic N) is 3. The number of nitrogens with one attached hydrogen (secondary N) is 1. The molecule has 2 heterocycles. The number of ether oxygens (including phenoxy) is 2. The average Bonchev–Trinajstić information content (AvgIpc) is 2.79. The molecule has 1 aliphatic rings. The number of esters is 1. The molecule has 0 spiro atoms. The second-order valence-electron chi connectivity index (χ2n) is 7.26. The van der Waals surface area contributed by atoms with Crippen molar-refractivity contribution in [3.63, 3.8) is 0 Å². The lowest BCUT2D eigenvalue weighted by molar-refractivity contribution is 0.0600. The van der Waals surface area contributed by atoms with Crippen molar-refractivity contribution in [2.75, 3.05) is 30.5 Å². The molecular weight excluding hydrogens is 416 g/mol. The van der Waals surface area contributed by atoms with Gasteiger partial charge in [0.05, 0.1) is 25.3 Å². The molecule has 0 bridgehead atoms. The van der Waals surface area contributed by atoms with Crippen LogP contribution in [0, 0.1) is 0 Å². The highest BCUT2D eigenvalue weighted by atomic mass is 35.5. The van der Waals surface area contributed by atoms with E-state index in [9.17, 15) is 4.79 Å². The smallest absolute Gasteiger partial charge is 0.337 e. The first-order valence-corrected chi connectivity index (χ1v) is 10.3. The van der Waals surface area contributed by atoms with Gasteiger partial charge in [-0.3, -0.25) is 0 Å². The summed E-state index contributed by atoms with van der Waals surface area (Å²) in [5.74, 6) is 0.890. The fourth-order valence-electron chi connectivity index (χ4n) is 3.55. The predicted molar refractivity (Wildman–Crippen MR) is 120 cm³/mol. The number of aromatic nitrogens is 2. The SMILES string of the molecule is COC(=O)c1ccc([C@H](C)Nc2ncnc3c2N(Cc2cccc(Cl)c2)CCO3)cc1. The lowest BCUT2D eigenvalue weighted by atomic mass is 10.1. The van der Waals surface area contributed by atoms with Gasteiger partial charge in [-0.1, -0.05) is 35.9 Å². The summed E-state index contributed by atoms with van der Waals surface area (Å²) in [7, 11) is 1.37. The van der Waals surface area contributed by atoms with Crippen molar-refractivity contribution in [3.05, 3.63) is 76.6 Å². The maximum absolute atomic E-state index is 11.7. The summed E-state index contributed by atoms with van der Waals surface area (Å²) in [6.45, 7) is 3.96. The first-order chi connectivity index (χ1) is 15.0. The third-order valence-electron chi connectivity index (χ3n) is 5.15. The Kier molecular flexibility index (Phi) is 6.23. The summed E-state index contributed by atoms with van der Waals surface area (Å²) in [4.78, 5) is 22.7. The first kappa shape index (κ1) is 20.9. The second-order valence-corrected chi connectivity index (χ2v) is 7.69. The number of anilines is 2. The normalized spacial score (nSPS) is 13.7. The van der Waals surface area contributed by atoms with E-state index in [1.807, 2.05) is 43.3 Å². The van der Waals surface area contributed by atoms with Crippen LogP contribution in [0.5, 0.6) is 5.88 Å². The lowest BCUT2D eigenvalue weighted by Gasteiger charge is -2.32. The molecule has 7 nitrogen and oxygen atoms in total. The Morgan fingerprint density at radius 1 is 1.26 bits per heavy atom. The van der Waals surface area contributed by atoms with Gasteiger partial charge in [0.2, 0.25) is 5.88 Å². The number of rotatable bonds is 6. The minimum atomic E-state index is -0.356. The van der Waals surface area contributed by atoms with E-state index in [4.69, 9.17) is 21.1 Å². The standard InChI is InChI=1S/C23H23ClN4O3/c1-15(17-6-8-18(9-7-17)23(29)30-2)27-21-20-22(26-14-25-21)31-11-10-28(20)13-16-4-3-5-19(24)12-16/h3-9,12,14-15H,10-11,13H2,1-2H3,(H,25,26,27)/t15-/m0/s1. The Morgan fingerprint density at radius 2 is 2.06 bits per heavy atom. The fourth-order valence-corrected chi connectivity index (χ4v) is 3.76. The summed E-state index contributed by atoms with van der Waals surface area (Å²) in [6.07, 6.45) is 1.50. The van der Waals surface area contributed by atoms with Crippen LogP contribution in [0.4, 0.5) is 11.5 Å². The molecule has 3 aromatic rings. The molecule has 160 valence electrons. The maximum atomic E-state index is 11.7. The van der Waals surface area contributed by atoms with Gasteiger partial charge in [-0.15, -0.1) is 0 Å². The van der Waals surface area contributed by atoms with Crippen molar-refractivity contribution < 1.29 is 14.3 Å². The Labute approximate surface area is 186 Å². The second kappa shape index (κ2) is 9.22. The number of carbonyl (C=O) groups excluding carboxylic acids is 1. The van der Waals surface area contributed by atoms with Gasteiger partial charge in [-0.2, -0.15) is 4.98 Å². The highest BCUT2D eigenvalue weighted by molar-refractivity contribution is 6.30. The van der Waals surface area contributed by atoms with Crippen molar-refractivity contribution in [1.29, 1.82) is 0 Å². The molecule has 0 amide bonds. The van der Waals surface area contributed by atoms with Gasteiger partial charge >= 0.3 is 5.97 Å².